The summed E-state index contributed by atoms with van der Waals surface area (Å²) in [6.45, 7) is 1.99. The van der Waals surface area contributed by atoms with Crippen molar-refractivity contribution in [1.29, 1.82) is 0 Å². The summed E-state index contributed by atoms with van der Waals surface area (Å²) in [6.07, 6.45) is 0.912. The molecular weight excluding hydrogens is 282 g/mol. The second-order valence-corrected chi connectivity index (χ2v) is 6.63. The summed E-state index contributed by atoms with van der Waals surface area (Å²) >= 11 is 0. The smallest absolute Gasteiger partial charge is 0.322 e. The van der Waals surface area contributed by atoms with Gasteiger partial charge in [0.15, 0.2) is 0 Å². The van der Waals surface area contributed by atoms with E-state index in [-0.39, 0.29) is 11.4 Å². The monoisotopic (exact) mass is 299 g/mol. The molecule has 0 aromatic heterocycles. The lowest BCUT2D eigenvalue weighted by molar-refractivity contribution is -0.140. The minimum Gasteiger partial charge on any atom is -0.496 e. The van der Waals surface area contributed by atoms with Crippen LogP contribution in [-0.2, 0) is 14.8 Å². The SMILES string of the molecule is COc1ccc(S(=O)(=O)N2CCCC2C(=O)O)cc1C. The number of rotatable bonds is 4. The highest BCUT2D eigenvalue weighted by Gasteiger charge is 2.39. The van der Waals surface area contributed by atoms with Gasteiger partial charge in [0.05, 0.1) is 12.0 Å². The highest BCUT2D eigenvalue weighted by atomic mass is 32.2. The Morgan fingerprint density at radius 1 is 1.45 bits per heavy atom. The highest BCUT2D eigenvalue weighted by Crippen LogP contribution is 2.28. The number of benzene rings is 1. The molecular formula is C13H17NO5S. The minimum atomic E-state index is -3.78. The summed E-state index contributed by atoms with van der Waals surface area (Å²) in [4.78, 5) is 11.2. The average Bonchev–Trinajstić information content (AvgIpc) is 2.88. The Morgan fingerprint density at radius 3 is 2.70 bits per heavy atom. The molecule has 1 N–H and O–H groups in total. The molecule has 6 nitrogen and oxygen atoms in total. The van der Waals surface area contributed by atoms with Crippen molar-refractivity contribution >= 4 is 16.0 Å². The standard InChI is InChI=1S/C13H17NO5S/c1-9-8-10(5-6-12(9)19-2)20(17,18)14-7-3-4-11(14)13(15)16/h5-6,8,11H,3-4,7H2,1-2H3,(H,15,16). The van der Waals surface area contributed by atoms with Gasteiger partial charge in [-0.25, -0.2) is 8.42 Å². The molecule has 2 rings (SSSR count). The lowest BCUT2D eigenvalue weighted by Crippen LogP contribution is -2.40. The van der Waals surface area contributed by atoms with Crippen molar-refractivity contribution in [1.82, 2.24) is 4.31 Å². The van der Waals surface area contributed by atoms with E-state index < -0.39 is 22.0 Å². The Labute approximate surface area is 118 Å². The molecule has 1 aliphatic rings. The lowest BCUT2D eigenvalue weighted by atomic mass is 10.2. The molecule has 110 valence electrons. The van der Waals surface area contributed by atoms with Gasteiger partial charge in [-0.1, -0.05) is 0 Å². The van der Waals surface area contributed by atoms with Crippen LogP contribution < -0.4 is 4.74 Å². The first-order chi connectivity index (χ1) is 9.37. The van der Waals surface area contributed by atoms with Gasteiger partial charge in [-0.15, -0.1) is 0 Å². The maximum atomic E-state index is 12.5. The van der Waals surface area contributed by atoms with E-state index in [1.807, 2.05) is 0 Å². The number of ether oxygens (including phenoxy) is 1. The first kappa shape index (κ1) is 14.8. The Morgan fingerprint density at radius 2 is 2.15 bits per heavy atom. The zero-order chi connectivity index (χ0) is 14.9. The molecule has 0 aliphatic carbocycles. The van der Waals surface area contributed by atoms with Crippen LogP contribution in [0.3, 0.4) is 0 Å². The number of sulfonamides is 1. The van der Waals surface area contributed by atoms with Crippen molar-refractivity contribution in [2.45, 2.75) is 30.7 Å². The number of hydrogen-bond donors (Lipinski definition) is 1. The van der Waals surface area contributed by atoms with E-state index in [1.165, 1.54) is 19.2 Å². The summed E-state index contributed by atoms with van der Waals surface area (Å²) < 4.78 is 31.2. The normalized spacial score (nSPS) is 20.0. The van der Waals surface area contributed by atoms with Gasteiger partial charge in [0.1, 0.15) is 11.8 Å². The Hall–Kier alpha value is -1.60. The fraction of sp³-hybridized carbons (Fsp3) is 0.462. The van der Waals surface area contributed by atoms with Crippen LogP contribution in [0.2, 0.25) is 0 Å². The van der Waals surface area contributed by atoms with Crippen LogP contribution in [-0.4, -0.2) is 43.5 Å². The number of carboxylic acids is 1. The molecule has 20 heavy (non-hydrogen) atoms. The molecule has 1 heterocycles. The maximum Gasteiger partial charge on any atom is 0.322 e. The predicted octanol–water partition coefficient (Wildman–Crippen LogP) is 1.24. The number of methoxy groups -OCH3 is 1. The van der Waals surface area contributed by atoms with Crippen molar-refractivity contribution in [2.75, 3.05) is 13.7 Å². The number of carboxylic acid groups (broad SMARTS) is 1. The van der Waals surface area contributed by atoms with Gasteiger partial charge in [0, 0.05) is 6.54 Å². The molecule has 0 bridgehead atoms. The molecule has 1 aromatic carbocycles. The topological polar surface area (TPSA) is 83.9 Å². The van der Waals surface area contributed by atoms with E-state index in [9.17, 15) is 13.2 Å². The van der Waals surface area contributed by atoms with Crippen LogP contribution in [0.25, 0.3) is 0 Å². The molecule has 1 aliphatic heterocycles. The quantitative estimate of drug-likeness (QED) is 0.904. The van der Waals surface area contributed by atoms with E-state index >= 15 is 0 Å². The summed E-state index contributed by atoms with van der Waals surface area (Å²) in [5.74, 6) is -0.503. The molecule has 0 saturated carbocycles. The maximum absolute atomic E-state index is 12.5. The number of hydrogen-bond acceptors (Lipinski definition) is 4. The molecule has 7 heteroatoms. The summed E-state index contributed by atoms with van der Waals surface area (Å²) in [5.41, 5.74) is 0.694. The van der Waals surface area contributed by atoms with Gasteiger partial charge in [-0.3, -0.25) is 4.79 Å². The third-order valence-corrected chi connectivity index (χ3v) is 5.37. The van der Waals surface area contributed by atoms with Crippen molar-refractivity contribution in [3.05, 3.63) is 23.8 Å². The third-order valence-electron chi connectivity index (χ3n) is 3.46. The van der Waals surface area contributed by atoms with Gasteiger partial charge in [0.25, 0.3) is 0 Å². The fourth-order valence-electron chi connectivity index (χ4n) is 2.42. The average molecular weight is 299 g/mol. The number of aryl methyl sites for hydroxylation is 1. The van der Waals surface area contributed by atoms with Gasteiger partial charge >= 0.3 is 5.97 Å². The molecule has 0 spiro atoms. The second-order valence-electron chi connectivity index (χ2n) is 4.74. The van der Waals surface area contributed by atoms with Crippen molar-refractivity contribution in [3.8, 4) is 5.75 Å². The van der Waals surface area contributed by atoms with Gasteiger partial charge < -0.3 is 9.84 Å². The molecule has 1 unspecified atom stereocenters. The highest BCUT2D eigenvalue weighted by molar-refractivity contribution is 7.89. The molecule has 0 amide bonds. The zero-order valence-corrected chi connectivity index (χ0v) is 12.2. The van der Waals surface area contributed by atoms with Crippen LogP contribution in [0.1, 0.15) is 18.4 Å². The van der Waals surface area contributed by atoms with Crippen LogP contribution >= 0.6 is 0 Å². The Kier molecular flexibility index (Phi) is 4.01. The molecule has 1 fully saturated rings. The van der Waals surface area contributed by atoms with Gasteiger partial charge in [-0.05, 0) is 43.5 Å². The van der Waals surface area contributed by atoms with E-state index in [0.29, 0.717) is 24.2 Å². The first-order valence-electron chi connectivity index (χ1n) is 6.27. The fourth-order valence-corrected chi connectivity index (χ4v) is 4.16. The summed E-state index contributed by atoms with van der Waals surface area (Å²) in [7, 11) is -2.27. The zero-order valence-electron chi connectivity index (χ0n) is 11.4. The van der Waals surface area contributed by atoms with Crippen LogP contribution in [0, 0.1) is 6.92 Å². The molecule has 1 saturated heterocycles. The van der Waals surface area contributed by atoms with Crippen LogP contribution in [0.5, 0.6) is 5.75 Å². The van der Waals surface area contributed by atoms with E-state index in [1.54, 1.807) is 13.0 Å². The number of nitrogens with zero attached hydrogens (tertiary/aromatic N) is 1. The summed E-state index contributed by atoms with van der Waals surface area (Å²) in [5, 5.41) is 9.10. The molecule has 1 aromatic rings. The third kappa shape index (κ3) is 2.51. The second kappa shape index (κ2) is 5.41. The minimum absolute atomic E-state index is 0.101. The van der Waals surface area contributed by atoms with E-state index in [4.69, 9.17) is 9.84 Å². The molecule has 1 atom stereocenters. The van der Waals surface area contributed by atoms with Gasteiger partial charge in [-0.2, -0.15) is 4.31 Å². The molecule has 0 radical (unpaired) electrons. The van der Waals surface area contributed by atoms with Gasteiger partial charge in [0.2, 0.25) is 10.0 Å². The lowest BCUT2D eigenvalue weighted by Gasteiger charge is -2.21. The van der Waals surface area contributed by atoms with Crippen LogP contribution in [0.15, 0.2) is 23.1 Å². The van der Waals surface area contributed by atoms with E-state index in [0.717, 1.165) is 4.31 Å². The van der Waals surface area contributed by atoms with E-state index in [2.05, 4.69) is 0 Å². The largest absolute Gasteiger partial charge is 0.496 e. The Bertz CT molecular complexity index is 626. The Balaban J connectivity index is 2.40. The first-order valence-corrected chi connectivity index (χ1v) is 7.71. The predicted molar refractivity (Wildman–Crippen MR) is 72.3 cm³/mol. The van der Waals surface area contributed by atoms with Crippen molar-refractivity contribution < 1.29 is 23.1 Å². The number of aliphatic carboxylic acids is 1. The number of carbonyl (C=O) groups is 1. The summed E-state index contributed by atoms with van der Waals surface area (Å²) in [6, 6.07) is 3.56. The van der Waals surface area contributed by atoms with Crippen molar-refractivity contribution in [3.63, 3.8) is 0 Å². The van der Waals surface area contributed by atoms with Crippen molar-refractivity contribution in [2.24, 2.45) is 0 Å². The van der Waals surface area contributed by atoms with Crippen LogP contribution in [0.4, 0.5) is 0 Å².